The molecule has 1 unspecified atom stereocenters. The van der Waals surface area contributed by atoms with Crippen LogP contribution >= 0.6 is 11.8 Å². The van der Waals surface area contributed by atoms with Gasteiger partial charge in [0.05, 0.1) is 0 Å². The molecule has 0 aromatic rings. The monoisotopic (exact) mass is 284 g/mol. The quantitative estimate of drug-likeness (QED) is 0.753. The summed E-state index contributed by atoms with van der Waals surface area (Å²) < 4.78 is 0. The van der Waals surface area contributed by atoms with Gasteiger partial charge in [-0.1, -0.05) is 26.7 Å². The summed E-state index contributed by atoms with van der Waals surface area (Å²) in [4.78, 5) is 2.86. The SMILES string of the molecule is CSCCCN1CC(CC(C)C)NCC12CCCC2. The maximum absolute atomic E-state index is 3.86. The van der Waals surface area contributed by atoms with Crippen LogP contribution in [-0.2, 0) is 0 Å². The predicted molar refractivity (Wildman–Crippen MR) is 87.0 cm³/mol. The number of hydrogen-bond donors (Lipinski definition) is 1. The third-order valence-electron chi connectivity index (χ3n) is 4.90. The standard InChI is InChI=1S/C16H32N2S/c1-14(2)11-15-12-18(9-6-10-19-3)16(13-17-15)7-4-5-8-16/h14-15,17H,4-13H2,1-3H3. The maximum atomic E-state index is 3.86. The van der Waals surface area contributed by atoms with Crippen LogP contribution in [0.3, 0.4) is 0 Å². The van der Waals surface area contributed by atoms with E-state index in [0.29, 0.717) is 5.54 Å². The van der Waals surface area contributed by atoms with Gasteiger partial charge in [0.1, 0.15) is 0 Å². The summed E-state index contributed by atoms with van der Waals surface area (Å²) in [5.74, 6) is 2.12. The second-order valence-electron chi connectivity index (χ2n) is 6.93. The summed E-state index contributed by atoms with van der Waals surface area (Å²) >= 11 is 1.99. The zero-order chi connectivity index (χ0) is 13.7. The van der Waals surface area contributed by atoms with Gasteiger partial charge in [-0.05, 0) is 50.2 Å². The van der Waals surface area contributed by atoms with Crippen LogP contribution in [0.25, 0.3) is 0 Å². The first-order valence-electron chi connectivity index (χ1n) is 8.14. The molecule has 3 heteroatoms. The summed E-state index contributed by atoms with van der Waals surface area (Å²) in [5.41, 5.74) is 0.520. The lowest BCUT2D eigenvalue weighted by Gasteiger charge is -2.49. The Hall–Kier alpha value is 0.270. The van der Waals surface area contributed by atoms with Crippen LogP contribution in [0, 0.1) is 5.92 Å². The molecule has 1 aliphatic heterocycles. The molecule has 2 rings (SSSR count). The number of nitrogens with one attached hydrogen (secondary N) is 1. The van der Waals surface area contributed by atoms with E-state index >= 15 is 0 Å². The average Bonchev–Trinajstić information content (AvgIpc) is 2.83. The predicted octanol–water partition coefficient (Wildman–Crippen LogP) is 3.37. The number of nitrogens with zero attached hydrogens (tertiary/aromatic N) is 1. The Morgan fingerprint density at radius 1 is 1.32 bits per heavy atom. The van der Waals surface area contributed by atoms with E-state index in [1.165, 1.54) is 63.9 Å². The van der Waals surface area contributed by atoms with Gasteiger partial charge in [0, 0.05) is 24.7 Å². The largest absolute Gasteiger partial charge is 0.311 e. The molecule has 1 aliphatic carbocycles. The minimum absolute atomic E-state index is 0.520. The Kier molecular flexibility index (Phi) is 6.04. The van der Waals surface area contributed by atoms with E-state index < -0.39 is 0 Å². The van der Waals surface area contributed by atoms with E-state index in [0.717, 1.165) is 12.0 Å². The van der Waals surface area contributed by atoms with Crippen LogP contribution in [0.15, 0.2) is 0 Å². The van der Waals surface area contributed by atoms with E-state index in [1.807, 2.05) is 11.8 Å². The molecule has 1 atom stereocenters. The van der Waals surface area contributed by atoms with Gasteiger partial charge in [0.15, 0.2) is 0 Å². The molecule has 0 aromatic heterocycles. The molecule has 1 heterocycles. The summed E-state index contributed by atoms with van der Waals surface area (Å²) in [6.45, 7) is 8.53. The first kappa shape index (κ1) is 15.7. The van der Waals surface area contributed by atoms with Crippen molar-refractivity contribution in [1.29, 1.82) is 0 Å². The van der Waals surface area contributed by atoms with Crippen molar-refractivity contribution in [1.82, 2.24) is 10.2 Å². The van der Waals surface area contributed by atoms with Crippen LogP contribution in [0.2, 0.25) is 0 Å². The lowest BCUT2D eigenvalue weighted by atomic mass is 9.89. The van der Waals surface area contributed by atoms with Gasteiger partial charge in [0.25, 0.3) is 0 Å². The molecule has 0 radical (unpaired) electrons. The van der Waals surface area contributed by atoms with Crippen LogP contribution < -0.4 is 5.32 Å². The molecule has 1 spiro atoms. The van der Waals surface area contributed by atoms with Crippen molar-refractivity contribution in [3.05, 3.63) is 0 Å². The molecule has 1 N–H and O–H groups in total. The number of hydrogen-bond acceptors (Lipinski definition) is 3. The number of thioether (sulfide) groups is 1. The second-order valence-corrected chi connectivity index (χ2v) is 7.92. The van der Waals surface area contributed by atoms with Gasteiger partial charge < -0.3 is 5.32 Å². The lowest BCUT2D eigenvalue weighted by molar-refractivity contribution is 0.0390. The Balaban J connectivity index is 1.93. The van der Waals surface area contributed by atoms with Crippen molar-refractivity contribution in [2.24, 2.45) is 5.92 Å². The molecule has 1 saturated carbocycles. The first-order chi connectivity index (χ1) is 9.16. The van der Waals surface area contributed by atoms with E-state index in [2.05, 4.69) is 30.3 Å². The van der Waals surface area contributed by atoms with Crippen LogP contribution in [-0.4, -0.2) is 48.1 Å². The summed E-state index contributed by atoms with van der Waals surface area (Å²) in [5, 5.41) is 3.86. The molecule has 2 fully saturated rings. The molecule has 0 aromatic carbocycles. The fraction of sp³-hybridized carbons (Fsp3) is 1.00. The Labute approximate surface area is 124 Å². The number of piperazine rings is 1. The summed E-state index contributed by atoms with van der Waals surface area (Å²) in [6.07, 6.45) is 10.6. The highest BCUT2D eigenvalue weighted by Crippen LogP contribution is 2.37. The second kappa shape index (κ2) is 7.33. The number of rotatable bonds is 6. The third-order valence-corrected chi connectivity index (χ3v) is 5.59. The van der Waals surface area contributed by atoms with E-state index in [-0.39, 0.29) is 0 Å². The average molecular weight is 285 g/mol. The minimum Gasteiger partial charge on any atom is -0.311 e. The van der Waals surface area contributed by atoms with Gasteiger partial charge >= 0.3 is 0 Å². The molecule has 2 nitrogen and oxygen atoms in total. The van der Waals surface area contributed by atoms with Gasteiger partial charge in [-0.15, -0.1) is 0 Å². The lowest BCUT2D eigenvalue weighted by Crippen LogP contribution is -2.63. The van der Waals surface area contributed by atoms with Crippen molar-refractivity contribution in [2.45, 2.75) is 64.0 Å². The van der Waals surface area contributed by atoms with Gasteiger partial charge in [0.2, 0.25) is 0 Å². The van der Waals surface area contributed by atoms with Crippen molar-refractivity contribution in [2.75, 3.05) is 31.6 Å². The van der Waals surface area contributed by atoms with Crippen molar-refractivity contribution in [3.8, 4) is 0 Å². The maximum Gasteiger partial charge on any atom is 0.0334 e. The zero-order valence-electron chi connectivity index (χ0n) is 13.1. The van der Waals surface area contributed by atoms with Crippen LogP contribution in [0.5, 0.6) is 0 Å². The van der Waals surface area contributed by atoms with Gasteiger partial charge in [-0.25, -0.2) is 0 Å². The highest BCUT2D eigenvalue weighted by molar-refractivity contribution is 7.98. The highest BCUT2D eigenvalue weighted by atomic mass is 32.2. The fourth-order valence-corrected chi connectivity index (χ4v) is 4.37. The van der Waals surface area contributed by atoms with Crippen molar-refractivity contribution >= 4 is 11.8 Å². The molecule has 19 heavy (non-hydrogen) atoms. The summed E-state index contributed by atoms with van der Waals surface area (Å²) in [6, 6.07) is 0.723. The Bertz CT molecular complexity index is 261. The molecule has 0 bridgehead atoms. The minimum atomic E-state index is 0.520. The highest BCUT2D eigenvalue weighted by Gasteiger charge is 2.42. The molecule has 1 saturated heterocycles. The molecule has 112 valence electrons. The van der Waals surface area contributed by atoms with Gasteiger partial charge in [-0.3, -0.25) is 4.90 Å². The fourth-order valence-electron chi connectivity index (χ4n) is 3.95. The normalized spacial score (nSPS) is 27.5. The molecular weight excluding hydrogens is 252 g/mol. The zero-order valence-corrected chi connectivity index (χ0v) is 13.9. The molecule has 2 aliphatic rings. The smallest absolute Gasteiger partial charge is 0.0334 e. The summed E-state index contributed by atoms with van der Waals surface area (Å²) in [7, 11) is 0. The first-order valence-corrected chi connectivity index (χ1v) is 9.53. The van der Waals surface area contributed by atoms with E-state index in [9.17, 15) is 0 Å². The van der Waals surface area contributed by atoms with E-state index in [1.54, 1.807) is 0 Å². The molecular formula is C16H32N2S. The third kappa shape index (κ3) is 4.12. The van der Waals surface area contributed by atoms with Crippen LogP contribution in [0.4, 0.5) is 0 Å². The Morgan fingerprint density at radius 2 is 2.05 bits per heavy atom. The van der Waals surface area contributed by atoms with Gasteiger partial charge in [-0.2, -0.15) is 11.8 Å². The molecule has 0 amide bonds. The van der Waals surface area contributed by atoms with E-state index in [4.69, 9.17) is 0 Å². The van der Waals surface area contributed by atoms with Crippen molar-refractivity contribution < 1.29 is 0 Å². The van der Waals surface area contributed by atoms with Crippen molar-refractivity contribution in [3.63, 3.8) is 0 Å². The van der Waals surface area contributed by atoms with Crippen LogP contribution in [0.1, 0.15) is 52.4 Å². The Morgan fingerprint density at radius 3 is 2.68 bits per heavy atom. The topological polar surface area (TPSA) is 15.3 Å².